The molecule has 0 bridgehead atoms. The van der Waals surface area contributed by atoms with Crippen LogP contribution in [0.1, 0.15) is 5.56 Å². The minimum absolute atomic E-state index is 0.0274. The molecule has 1 aliphatic heterocycles. The summed E-state index contributed by atoms with van der Waals surface area (Å²) in [5.74, 6) is 0.570. The Morgan fingerprint density at radius 3 is 1.81 bits per heavy atom. The van der Waals surface area contributed by atoms with Crippen molar-refractivity contribution in [1.29, 1.82) is 0 Å². The van der Waals surface area contributed by atoms with Gasteiger partial charge >= 0.3 is 0 Å². The van der Waals surface area contributed by atoms with E-state index in [2.05, 4.69) is 0 Å². The number of benzene rings is 2. The van der Waals surface area contributed by atoms with Crippen LogP contribution in [0.15, 0.2) is 48.5 Å². The van der Waals surface area contributed by atoms with Crippen LogP contribution < -0.4 is 4.74 Å². The Hall–Kier alpha value is -2.24. The van der Waals surface area contributed by atoms with Crippen LogP contribution >= 0.6 is 23.2 Å². The molecule has 142 valence electrons. The number of amides is 2. The Morgan fingerprint density at radius 1 is 0.778 bits per heavy atom. The second kappa shape index (κ2) is 9.11. The Morgan fingerprint density at radius 2 is 1.26 bits per heavy atom. The van der Waals surface area contributed by atoms with E-state index in [-0.39, 0.29) is 18.4 Å². The van der Waals surface area contributed by atoms with Crippen LogP contribution in [0.5, 0.6) is 5.75 Å². The van der Waals surface area contributed by atoms with E-state index < -0.39 is 0 Å². The van der Waals surface area contributed by atoms with Crippen molar-refractivity contribution in [2.24, 2.45) is 0 Å². The zero-order chi connectivity index (χ0) is 19.2. The number of rotatable bonds is 5. The summed E-state index contributed by atoms with van der Waals surface area (Å²) in [4.78, 5) is 28.2. The lowest BCUT2D eigenvalue weighted by molar-refractivity contribution is -0.140. The van der Waals surface area contributed by atoms with Gasteiger partial charge in [-0.3, -0.25) is 9.59 Å². The first-order valence-corrected chi connectivity index (χ1v) is 9.45. The molecule has 0 unspecified atom stereocenters. The van der Waals surface area contributed by atoms with E-state index in [1.165, 1.54) is 0 Å². The molecular formula is C20H20Cl2N2O3. The van der Waals surface area contributed by atoms with Gasteiger partial charge in [-0.15, -0.1) is 0 Å². The summed E-state index contributed by atoms with van der Waals surface area (Å²) in [6.07, 6.45) is 0.338. The zero-order valence-corrected chi connectivity index (χ0v) is 16.2. The number of hydrogen-bond donors (Lipinski definition) is 0. The normalized spacial score (nSPS) is 14.1. The quantitative estimate of drug-likeness (QED) is 0.765. The minimum Gasteiger partial charge on any atom is -0.484 e. The van der Waals surface area contributed by atoms with Crippen molar-refractivity contribution >= 4 is 35.0 Å². The average molecular weight is 407 g/mol. The Labute approximate surface area is 168 Å². The van der Waals surface area contributed by atoms with E-state index in [9.17, 15) is 9.59 Å². The topological polar surface area (TPSA) is 49.9 Å². The molecule has 0 saturated carbocycles. The SMILES string of the molecule is O=C(COc1ccc(Cl)cc1)N1CCN(C(=O)Cc2ccc(Cl)cc2)CC1. The first-order chi connectivity index (χ1) is 13.0. The molecule has 1 fully saturated rings. The van der Waals surface area contributed by atoms with Gasteiger partial charge in [-0.1, -0.05) is 35.3 Å². The van der Waals surface area contributed by atoms with Crippen LogP contribution in [0.2, 0.25) is 10.0 Å². The fourth-order valence-electron chi connectivity index (χ4n) is 2.86. The van der Waals surface area contributed by atoms with Crippen molar-refractivity contribution < 1.29 is 14.3 Å². The van der Waals surface area contributed by atoms with Gasteiger partial charge in [0.1, 0.15) is 5.75 Å². The van der Waals surface area contributed by atoms with E-state index in [0.717, 1.165) is 5.56 Å². The smallest absolute Gasteiger partial charge is 0.260 e. The molecule has 0 aliphatic carbocycles. The molecule has 0 spiro atoms. The second-order valence-electron chi connectivity index (χ2n) is 6.31. The first kappa shape index (κ1) is 19.5. The van der Waals surface area contributed by atoms with Crippen molar-refractivity contribution in [3.63, 3.8) is 0 Å². The molecular weight excluding hydrogens is 387 g/mol. The standard InChI is InChI=1S/C20H20Cl2N2O3/c21-16-3-1-15(2-4-16)13-19(25)23-9-11-24(12-10-23)20(26)14-27-18-7-5-17(22)6-8-18/h1-8H,9-14H2. The summed E-state index contributed by atoms with van der Waals surface area (Å²) >= 11 is 11.7. The fraction of sp³-hybridized carbons (Fsp3) is 0.300. The lowest BCUT2D eigenvalue weighted by Gasteiger charge is -2.34. The Bertz CT molecular complexity index is 786. The van der Waals surface area contributed by atoms with Crippen molar-refractivity contribution in [2.45, 2.75) is 6.42 Å². The Balaban J connectivity index is 1.43. The zero-order valence-electron chi connectivity index (χ0n) is 14.7. The molecule has 2 amide bonds. The van der Waals surface area contributed by atoms with Crippen LogP contribution in [-0.4, -0.2) is 54.4 Å². The third kappa shape index (κ3) is 5.62. The summed E-state index contributed by atoms with van der Waals surface area (Å²) in [5.41, 5.74) is 0.930. The van der Waals surface area contributed by atoms with Gasteiger partial charge in [0.2, 0.25) is 5.91 Å². The average Bonchev–Trinajstić information content (AvgIpc) is 2.69. The van der Waals surface area contributed by atoms with Crippen LogP contribution in [0.4, 0.5) is 0 Å². The van der Waals surface area contributed by atoms with Gasteiger partial charge in [0.25, 0.3) is 5.91 Å². The molecule has 2 aromatic carbocycles. The van der Waals surface area contributed by atoms with Crippen molar-refractivity contribution in [1.82, 2.24) is 9.80 Å². The fourth-order valence-corrected chi connectivity index (χ4v) is 3.11. The number of carbonyl (C=O) groups excluding carboxylic acids is 2. The largest absolute Gasteiger partial charge is 0.484 e. The van der Waals surface area contributed by atoms with E-state index in [0.29, 0.717) is 48.4 Å². The molecule has 3 rings (SSSR count). The van der Waals surface area contributed by atoms with Crippen LogP contribution in [0.25, 0.3) is 0 Å². The second-order valence-corrected chi connectivity index (χ2v) is 7.18. The summed E-state index contributed by atoms with van der Waals surface area (Å²) in [6.45, 7) is 2.04. The third-order valence-electron chi connectivity index (χ3n) is 4.43. The predicted molar refractivity (Wildman–Crippen MR) is 105 cm³/mol. The van der Waals surface area contributed by atoms with Crippen molar-refractivity contribution in [2.75, 3.05) is 32.8 Å². The summed E-state index contributed by atoms with van der Waals surface area (Å²) in [6, 6.07) is 14.1. The number of piperazine rings is 1. The minimum atomic E-state index is -0.0882. The van der Waals surface area contributed by atoms with E-state index in [4.69, 9.17) is 27.9 Å². The van der Waals surface area contributed by atoms with Gasteiger partial charge in [-0.25, -0.2) is 0 Å². The first-order valence-electron chi connectivity index (χ1n) is 8.69. The monoisotopic (exact) mass is 406 g/mol. The highest BCUT2D eigenvalue weighted by Crippen LogP contribution is 2.16. The predicted octanol–water partition coefficient (Wildman–Crippen LogP) is 3.29. The highest BCUT2D eigenvalue weighted by Gasteiger charge is 2.24. The van der Waals surface area contributed by atoms with Gasteiger partial charge < -0.3 is 14.5 Å². The number of ether oxygens (including phenoxy) is 1. The molecule has 2 aromatic rings. The lowest BCUT2D eigenvalue weighted by atomic mass is 10.1. The maximum Gasteiger partial charge on any atom is 0.260 e. The molecule has 1 saturated heterocycles. The maximum atomic E-state index is 12.4. The van der Waals surface area contributed by atoms with E-state index in [1.807, 2.05) is 12.1 Å². The molecule has 0 aromatic heterocycles. The van der Waals surface area contributed by atoms with Gasteiger partial charge in [-0.05, 0) is 42.0 Å². The maximum absolute atomic E-state index is 12.4. The lowest BCUT2D eigenvalue weighted by Crippen LogP contribution is -2.52. The number of hydrogen-bond acceptors (Lipinski definition) is 3. The number of nitrogens with zero attached hydrogens (tertiary/aromatic N) is 2. The molecule has 1 aliphatic rings. The summed E-state index contributed by atoms with van der Waals surface area (Å²) in [7, 11) is 0. The molecule has 7 heteroatoms. The van der Waals surface area contributed by atoms with Crippen molar-refractivity contribution in [3.8, 4) is 5.75 Å². The number of halogens is 2. The highest BCUT2D eigenvalue weighted by molar-refractivity contribution is 6.30. The van der Waals surface area contributed by atoms with Crippen LogP contribution in [0.3, 0.4) is 0 Å². The Kier molecular flexibility index (Phi) is 6.58. The number of carbonyl (C=O) groups is 2. The van der Waals surface area contributed by atoms with Gasteiger partial charge in [0.05, 0.1) is 6.42 Å². The summed E-state index contributed by atoms with van der Waals surface area (Å²) in [5, 5.41) is 1.27. The van der Waals surface area contributed by atoms with Gasteiger partial charge in [0, 0.05) is 36.2 Å². The third-order valence-corrected chi connectivity index (χ3v) is 4.93. The van der Waals surface area contributed by atoms with E-state index >= 15 is 0 Å². The van der Waals surface area contributed by atoms with Gasteiger partial charge in [0.15, 0.2) is 6.61 Å². The van der Waals surface area contributed by atoms with E-state index in [1.54, 1.807) is 46.2 Å². The molecule has 0 N–H and O–H groups in total. The summed E-state index contributed by atoms with van der Waals surface area (Å²) < 4.78 is 5.50. The van der Waals surface area contributed by atoms with Gasteiger partial charge in [-0.2, -0.15) is 0 Å². The molecule has 1 heterocycles. The van der Waals surface area contributed by atoms with Crippen LogP contribution in [-0.2, 0) is 16.0 Å². The molecule has 27 heavy (non-hydrogen) atoms. The molecule has 0 radical (unpaired) electrons. The van der Waals surface area contributed by atoms with Crippen molar-refractivity contribution in [3.05, 3.63) is 64.1 Å². The van der Waals surface area contributed by atoms with Crippen LogP contribution in [0, 0.1) is 0 Å². The highest BCUT2D eigenvalue weighted by atomic mass is 35.5. The molecule has 0 atom stereocenters. The molecule has 5 nitrogen and oxygen atoms in total.